The lowest BCUT2D eigenvalue weighted by Crippen LogP contribution is -2.44. The molecule has 21 heavy (non-hydrogen) atoms. The first-order chi connectivity index (χ1) is 9.75. The van der Waals surface area contributed by atoms with Crippen molar-refractivity contribution in [2.45, 2.75) is 39.2 Å². The highest BCUT2D eigenvalue weighted by atomic mass is 16.5. The third-order valence-corrected chi connectivity index (χ3v) is 3.64. The zero-order valence-electron chi connectivity index (χ0n) is 13.5. The van der Waals surface area contributed by atoms with Crippen LogP contribution in [0.25, 0.3) is 0 Å². The molecule has 0 aromatic carbocycles. The summed E-state index contributed by atoms with van der Waals surface area (Å²) in [7, 11) is 1.58. The van der Waals surface area contributed by atoms with Crippen molar-refractivity contribution >= 4 is 11.8 Å². The first-order valence-corrected chi connectivity index (χ1v) is 7.52. The predicted octanol–water partition coefficient (Wildman–Crippen LogP) is 0.395. The van der Waals surface area contributed by atoms with Gasteiger partial charge in [-0.05, 0) is 19.3 Å². The SMILES string of the molecule is COCCN1CC(C(=O)NCC(C)(O)CC(C)C)CC1=O. The molecule has 2 atom stereocenters. The summed E-state index contributed by atoms with van der Waals surface area (Å²) in [6, 6.07) is 0. The highest BCUT2D eigenvalue weighted by molar-refractivity contribution is 5.89. The zero-order valence-corrected chi connectivity index (χ0v) is 13.5. The number of amides is 2. The molecule has 6 nitrogen and oxygen atoms in total. The van der Waals surface area contributed by atoms with E-state index in [0.717, 1.165) is 0 Å². The fourth-order valence-corrected chi connectivity index (χ4v) is 2.74. The molecule has 122 valence electrons. The van der Waals surface area contributed by atoms with Gasteiger partial charge >= 0.3 is 0 Å². The molecule has 0 bridgehead atoms. The van der Waals surface area contributed by atoms with Crippen molar-refractivity contribution in [2.24, 2.45) is 11.8 Å². The average molecular weight is 300 g/mol. The quantitative estimate of drug-likeness (QED) is 0.680. The van der Waals surface area contributed by atoms with Gasteiger partial charge in [-0.25, -0.2) is 0 Å². The van der Waals surface area contributed by atoms with E-state index in [4.69, 9.17) is 4.74 Å². The Morgan fingerprint density at radius 1 is 1.57 bits per heavy atom. The number of ether oxygens (including phenoxy) is 1. The van der Waals surface area contributed by atoms with Crippen LogP contribution in [0.15, 0.2) is 0 Å². The lowest BCUT2D eigenvalue weighted by atomic mass is 9.94. The van der Waals surface area contributed by atoms with Crippen molar-refractivity contribution in [1.29, 1.82) is 0 Å². The highest BCUT2D eigenvalue weighted by Gasteiger charge is 2.34. The number of rotatable bonds is 8. The van der Waals surface area contributed by atoms with Crippen molar-refractivity contribution in [3.63, 3.8) is 0 Å². The summed E-state index contributed by atoms with van der Waals surface area (Å²) in [6.07, 6.45) is 0.860. The molecule has 2 N–H and O–H groups in total. The van der Waals surface area contributed by atoms with Crippen LogP contribution in [-0.4, -0.2) is 60.8 Å². The number of likely N-dealkylation sites (tertiary alicyclic amines) is 1. The third-order valence-electron chi connectivity index (χ3n) is 3.64. The Kier molecular flexibility index (Phi) is 6.61. The van der Waals surface area contributed by atoms with Gasteiger partial charge in [0.2, 0.25) is 11.8 Å². The smallest absolute Gasteiger partial charge is 0.225 e. The maximum absolute atomic E-state index is 12.1. The number of nitrogens with one attached hydrogen (secondary N) is 1. The van der Waals surface area contributed by atoms with Gasteiger partial charge < -0.3 is 20.1 Å². The second kappa shape index (κ2) is 7.75. The maximum Gasteiger partial charge on any atom is 0.225 e. The normalized spacial score (nSPS) is 21.7. The number of hydrogen-bond donors (Lipinski definition) is 2. The zero-order chi connectivity index (χ0) is 16.0. The largest absolute Gasteiger partial charge is 0.388 e. The molecule has 1 aliphatic rings. The fraction of sp³-hybridized carbons (Fsp3) is 0.867. The second-order valence-electron chi connectivity index (χ2n) is 6.55. The fourth-order valence-electron chi connectivity index (χ4n) is 2.74. The van der Waals surface area contributed by atoms with Gasteiger partial charge in [-0.15, -0.1) is 0 Å². The first-order valence-electron chi connectivity index (χ1n) is 7.52. The van der Waals surface area contributed by atoms with Gasteiger partial charge in [-0.1, -0.05) is 13.8 Å². The van der Waals surface area contributed by atoms with Gasteiger partial charge in [0.1, 0.15) is 0 Å². The number of methoxy groups -OCH3 is 1. The van der Waals surface area contributed by atoms with Crippen LogP contribution in [0.1, 0.15) is 33.6 Å². The lowest BCUT2D eigenvalue weighted by Gasteiger charge is -2.26. The molecule has 6 heteroatoms. The molecule has 0 aliphatic carbocycles. The number of carbonyl (C=O) groups excluding carboxylic acids is 2. The monoisotopic (exact) mass is 300 g/mol. The summed E-state index contributed by atoms with van der Waals surface area (Å²) >= 11 is 0. The molecule has 1 heterocycles. The summed E-state index contributed by atoms with van der Waals surface area (Å²) < 4.78 is 4.95. The minimum Gasteiger partial charge on any atom is -0.388 e. The first kappa shape index (κ1) is 17.9. The average Bonchev–Trinajstić information content (AvgIpc) is 2.73. The topological polar surface area (TPSA) is 78.9 Å². The van der Waals surface area contributed by atoms with Crippen LogP contribution in [0.3, 0.4) is 0 Å². The molecular formula is C15H28N2O4. The van der Waals surface area contributed by atoms with E-state index >= 15 is 0 Å². The molecule has 0 saturated carbocycles. The van der Waals surface area contributed by atoms with Crippen LogP contribution >= 0.6 is 0 Å². The van der Waals surface area contributed by atoms with Crippen molar-refractivity contribution in [3.8, 4) is 0 Å². The standard InChI is InChI=1S/C15H28N2O4/c1-11(2)8-15(3,20)10-16-14(19)12-7-13(18)17(9-12)5-6-21-4/h11-12,20H,5-10H2,1-4H3,(H,16,19). The Labute approximate surface area is 126 Å². The molecule has 2 unspecified atom stereocenters. The second-order valence-corrected chi connectivity index (χ2v) is 6.55. The molecule has 2 amide bonds. The Morgan fingerprint density at radius 2 is 2.24 bits per heavy atom. The van der Waals surface area contributed by atoms with Gasteiger partial charge in [0.15, 0.2) is 0 Å². The molecule has 0 aromatic rings. The molecule has 0 spiro atoms. The van der Waals surface area contributed by atoms with Gasteiger partial charge in [-0.3, -0.25) is 9.59 Å². The lowest BCUT2D eigenvalue weighted by molar-refractivity contribution is -0.129. The summed E-state index contributed by atoms with van der Waals surface area (Å²) in [5.74, 6) is -0.146. The third kappa shape index (κ3) is 6.01. The Hall–Kier alpha value is -1.14. The van der Waals surface area contributed by atoms with Gasteiger partial charge in [0, 0.05) is 33.2 Å². The van der Waals surface area contributed by atoms with E-state index in [1.165, 1.54) is 0 Å². The highest BCUT2D eigenvalue weighted by Crippen LogP contribution is 2.19. The number of carbonyl (C=O) groups is 2. The molecule has 1 fully saturated rings. The van der Waals surface area contributed by atoms with E-state index in [1.807, 2.05) is 13.8 Å². The Morgan fingerprint density at radius 3 is 2.81 bits per heavy atom. The van der Waals surface area contributed by atoms with Crippen molar-refractivity contribution in [1.82, 2.24) is 10.2 Å². The van der Waals surface area contributed by atoms with E-state index in [2.05, 4.69) is 5.32 Å². The summed E-state index contributed by atoms with van der Waals surface area (Å²) in [6.45, 7) is 7.41. The van der Waals surface area contributed by atoms with Gasteiger partial charge in [0.05, 0.1) is 18.1 Å². The molecule has 1 rings (SSSR count). The van der Waals surface area contributed by atoms with Crippen molar-refractivity contribution in [3.05, 3.63) is 0 Å². The van der Waals surface area contributed by atoms with Crippen LogP contribution in [0.2, 0.25) is 0 Å². The Bertz CT molecular complexity index is 369. The number of nitrogens with zero attached hydrogens (tertiary/aromatic N) is 1. The molecule has 1 saturated heterocycles. The maximum atomic E-state index is 12.1. The van der Waals surface area contributed by atoms with Crippen LogP contribution in [-0.2, 0) is 14.3 Å². The van der Waals surface area contributed by atoms with Gasteiger partial charge in [0.25, 0.3) is 0 Å². The molecule has 1 aliphatic heterocycles. The minimum absolute atomic E-state index is 0.0128. The molecule has 0 radical (unpaired) electrons. The van der Waals surface area contributed by atoms with Gasteiger partial charge in [-0.2, -0.15) is 0 Å². The van der Waals surface area contributed by atoms with Crippen molar-refractivity contribution in [2.75, 3.05) is 33.4 Å². The summed E-state index contributed by atoms with van der Waals surface area (Å²) in [5.41, 5.74) is -0.915. The van der Waals surface area contributed by atoms with E-state index < -0.39 is 5.60 Å². The van der Waals surface area contributed by atoms with Crippen LogP contribution < -0.4 is 5.32 Å². The molecule has 0 aromatic heterocycles. The van der Waals surface area contributed by atoms with Crippen molar-refractivity contribution < 1.29 is 19.4 Å². The van der Waals surface area contributed by atoms with Crippen LogP contribution in [0.4, 0.5) is 0 Å². The predicted molar refractivity (Wildman–Crippen MR) is 79.7 cm³/mol. The minimum atomic E-state index is -0.915. The molecular weight excluding hydrogens is 272 g/mol. The van der Waals surface area contributed by atoms with Crippen LogP contribution in [0, 0.1) is 11.8 Å². The van der Waals surface area contributed by atoms with E-state index in [-0.39, 0.29) is 30.7 Å². The number of aliphatic hydroxyl groups is 1. The van der Waals surface area contributed by atoms with Crippen LogP contribution in [0.5, 0.6) is 0 Å². The number of hydrogen-bond acceptors (Lipinski definition) is 4. The van der Waals surface area contributed by atoms with E-state index in [9.17, 15) is 14.7 Å². The summed E-state index contributed by atoms with van der Waals surface area (Å²) in [4.78, 5) is 25.5. The van der Waals surface area contributed by atoms with E-state index in [0.29, 0.717) is 32.0 Å². The summed E-state index contributed by atoms with van der Waals surface area (Å²) in [5, 5.41) is 13.0. The van der Waals surface area contributed by atoms with E-state index in [1.54, 1.807) is 18.9 Å². The Balaban J connectivity index is 2.41.